The number of fused-ring (bicyclic) bond motifs is 1. The predicted octanol–water partition coefficient (Wildman–Crippen LogP) is 2.33. The Morgan fingerprint density at radius 2 is 2.21 bits per heavy atom. The molecule has 0 fully saturated rings. The van der Waals surface area contributed by atoms with Crippen LogP contribution in [0.2, 0.25) is 0 Å². The highest BCUT2D eigenvalue weighted by molar-refractivity contribution is 9.11. The monoisotopic (exact) mass is 255 g/mol. The van der Waals surface area contributed by atoms with E-state index in [4.69, 9.17) is 0 Å². The molecule has 0 saturated heterocycles. The van der Waals surface area contributed by atoms with Crippen LogP contribution in [0.25, 0.3) is 0 Å². The van der Waals surface area contributed by atoms with Crippen LogP contribution >= 0.6 is 15.9 Å². The Morgan fingerprint density at radius 3 is 2.93 bits per heavy atom. The number of hydrogen-bond acceptors (Lipinski definition) is 3. The van der Waals surface area contributed by atoms with Gasteiger partial charge >= 0.3 is 0 Å². The third-order valence-electron chi connectivity index (χ3n) is 2.12. The molecular formula is C10H14BrN3. The van der Waals surface area contributed by atoms with Gasteiger partial charge in [0, 0.05) is 31.3 Å². The summed E-state index contributed by atoms with van der Waals surface area (Å²) in [6.07, 6.45) is 8.20. The van der Waals surface area contributed by atoms with Crippen LogP contribution in [0.4, 0.5) is 0 Å². The van der Waals surface area contributed by atoms with Crippen molar-refractivity contribution in [1.29, 1.82) is 0 Å². The number of nitrogens with zero attached hydrogens (tertiary/aromatic N) is 2. The van der Waals surface area contributed by atoms with Crippen molar-refractivity contribution < 1.29 is 0 Å². The minimum atomic E-state index is 0.662. The van der Waals surface area contributed by atoms with Crippen LogP contribution in [0.3, 0.4) is 0 Å². The molecule has 2 heterocycles. The summed E-state index contributed by atoms with van der Waals surface area (Å²) in [6, 6.07) is 0. The average molecular weight is 256 g/mol. The highest BCUT2D eigenvalue weighted by Gasteiger charge is 2.21. The lowest BCUT2D eigenvalue weighted by molar-refractivity contribution is 0.356. The molecule has 76 valence electrons. The summed E-state index contributed by atoms with van der Waals surface area (Å²) in [5.41, 5.74) is 0. The second kappa shape index (κ2) is 3.69. The molecule has 0 atom stereocenters. The second-order valence-corrected chi connectivity index (χ2v) is 4.73. The number of hydrogen-bond donors (Lipinski definition) is 1. The first-order chi connectivity index (χ1) is 6.66. The summed E-state index contributed by atoms with van der Waals surface area (Å²) < 4.78 is 0.984. The van der Waals surface area contributed by atoms with Crippen LogP contribution in [0, 0.1) is 5.92 Å². The molecule has 0 aromatic heterocycles. The zero-order chi connectivity index (χ0) is 10.1. The van der Waals surface area contributed by atoms with Gasteiger partial charge in [-0.25, -0.2) is 0 Å². The van der Waals surface area contributed by atoms with Crippen molar-refractivity contribution >= 4 is 15.9 Å². The van der Waals surface area contributed by atoms with Crippen molar-refractivity contribution in [1.82, 2.24) is 15.1 Å². The van der Waals surface area contributed by atoms with Gasteiger partial charge in [-0.15, -0.1) is 0 Å². The normalized spacial score (nSPS) is 19.4. The Kier molecular flexibility index (Phi) is 2.54. The SMILES string of the molecule is CC(C)CN1C=CN2C=C(Br)NC=C21. The number of nitrogens with one attached hydrogen (secondary N) is 1. The van der Waals surface area contributed by atoms with Gasteiger partial charge in [0.15, 0.2) is 0 Å². The first-order valence-electron chi connectivity index (χ1n) is 4.74. The lowest BCUT2D eigenvalue weighted by Gasteiger charge is -2.26. The summed E-state index contributed by atoms with van der Waals surface area (Å²) in [4.78, 5) is 4.34. The Morgan fingerprint density at radius 1 is 1.43 bits per heavy atom. The second-order valence-electron chi connectivity index (χ2n) is 3.88. The molecule has 0 aromatic carbocycles. The summed E-state index contributed by atoms with van der Waals surface area (Å²) in [5.74, 6) is 1.84. The van der Waals surface area contributed by atoms with Gasteiger partial charge < -0.3 is 15.1 Å². The van der Waals surface area contributed by atoms with Gasteiger partial charge in [0.05, 0.1) is 4.61 Å². The zero-order valence-electron chi connectivity index (χ0n) is 8.37. The standard InChI is InChI=1S/C10H14BrN3/c1-8(2)6-13-3-4-14-7-9(11)12-5-10(13)14/h3-5,7-8,12H,6H2,1-2H3. The molecule has 0 unspecified atom stereocenters. The smallest absolute Gasteiger partial charge is 0.133 e. The minimum Gasteiger partial charge on any atom is -0.352 e. The maximum absolute atomic E-state index is 3.41. The largest absolute Gasteiger partial charge is 0.352 e. The topological polar surface area (TPSA) is 18.5 Å². The van der Waals surface area contributed by atoms with E-state index in [0.717, 1.165) is 11.2 Å². The van der Waals surface area contributed by atoms with E-state index in [-0.39, 0.29) is 0 Å². The molecule has 14 heavy (non-hydrogen) atoms. The Hall–Kier alpha value is -0.900. The third kappa shape index (κ3) is 1.80. The van der Waals surface area contributed by atoms with Crippen molar-refractivity contribution in [3.63, 3.8) is 0 Å². The molecule has 0 radical (unpaired) electrons. The van der Waals surface area contributed by atoms with E-state index in [1.807, 2.05) is 12.4 Å². The number of rotatable bonds is 2. The van der Waals surface area contributed by atoms with Crippen LogP contribution < -0.4 is 5.32 Å². The predicted molar refractivity (Wildman–Crippen MR) is 60.8 cm³/mol. The molecule has 2 aliphatic heterocycles. The lowest BCUT2D eigenvalue weighted by Crippen LogP contribution is -2.28. The summed E-state index contributed by atoms with van der Waals surface area (Å²) in [6.45, 7) is 5.49. The molecule has 0 bridgehead atoms. The van der Waals surface area contributed by atoms with E-state index in [1.54, 1.807) is 0 Å². The molecule has 2 rings (SSSR count). The van der Waals surface area contributed by atoms with Crippen LogP contribution in [-0.2, 0) is 0 Å². The molecule has 3 nitrogen and oxygen atoms in total. The Labute approximate surface area is 92.9 Å². The van der Waals surface area contributed by atoms with Crippen molar-refractivity contribution in [2.24, 2.45) is 5.92 Å². The summed E-state index contributed by atoms with van der Waals surface area (Å²) in [7, 11) is 0. The van der Waals surface area contributed by atoms with Gasteiger partial charge in [0.25, 0.3) is 0 Å². The number of halogens is 1. The van der Waals surface area contributed by atoms with E-state index >= 15 is 0 Å². The fourth-order valence-electron chi connectivity index (χ4n) is 1.56. The lowest BCUT2D eigenvalue weighted by atomic mass is 10.2. The Bertz CT molecular complexity index is 317. The molecule has 4 heteroatoms. The van der Waals surface area contributed by atoms with E-state index in [9.17, 15) is 0 Å². The van der Waals surface area contributed by atoms with Crippen molar-refractivity contribution in [2.45, 2.75) is 13.8 Å². The molecule has 0 aliphatic carbocycles. The van der Waals surface area contributed by atoms with Gasteiger partial charge in [-0.1, -0.05) is 13.8 Å². The van der Waals surface area contributed by atoms with E-state index in [1.165, 1.54) is 5.82 Å². The molecular weight excluding hydrogens is 242 g/mol. The van der Waals surface area contributed by atoms with Crippen LogP contribution in [0.5, 0.6) is 0 Å². The van der Waals surface area contributed by atoms with Crippen LogP contribution in [0.15, 0.2) is 35.2 Å². The molecule has 1 N–H and O–H groups in total. The highest BCUT2D eigenvalue weighted by atomic mass is 79.9. The minimum absolute atomic E-state index is 0.662. The summed E-state index contributed by atoms with van der Waals surface area (Å²) >= 11 is 3.41. The molecule has 0 aromatic rings. The van der Waals surface area contributed by atoms with Gasteiger partial charge in [-0.05, 0) is 21.8 Å². The maximum Gasteiger partial charge on any atom is 0.133 e. The Balaban J connectivity index is 2.10. The van der Waals surface area contributed by atoms with Crippen LogP contribution in [0.1, 0.15) is 13.8 Å². The van der Waals surface area contributed by atoms with Gasteiger partial charge in [0.2, 0.25) is 0 Å². The molecule has 2 aliphatic rings. The van der Waals surface area contributed by atoms with Crippen LogP contribution in [-0.4, -0.2) is 16.3 Å². The third-order valence-corrected chi connectivity index (χ3v) is 2.55. The first kappa shape index (κ1) is 9.65. The highest BCUT2D eigenvalue weighted by Crippen LogP contribution is 2.25. The molecule has 0 amide bonds. The van der Waals surface area contributed by atoms with Gasteiger partial charge in [0.1, 0.15) is 5.82 Å². The molecule has 0 saturated carbocycles. The van der Waals surface area contributed by atoms with Crippen molar-refractivity contribution in [3.05, 3.63) is 35.2 Å². The maximum atomic E-state index is 3.41. The quantitative estimate of drug-likeness (QED) is 0.765. The van der Waals surface area contributed by atoms with Gasteiger partial charge in [-0.3, -0.25) is 0 Å². The average Bonchev–Trinajstić information content (AvgIpc) is 2.47. The van der Waals surface area contributed by atoms with Crippen molar-refractivity contribution in [2.75, 3.05) is 6.54 Å². The molecule has 0 spiro atoms. The fraction of sp³-hybridized carbons (Fsp3) is 0.400. The zero-order valence-corrected chi connectivity index (χ0v) is 9.95. The van der Waals surface area contributed by atoms with E-state index < -0.39 is 0 Å². The van der Waals surface area contributed by atoms with E-state index in [0.29, 0.717) is 5.92 Å². The summed E-state index contributed by atoms with van der Waals surface area (Å²) in [5, 5.41) is 3.15. The van der Waals surface area contributed by atoms with Gasteiger partial charge in [-0.2, -0.15) is 0 Å². The van der Waals surface area contributed by atoms with E-state index in [2.05, 4.69) is 57.3 Å². The van der Waals surface area contributed by atoms with Crippen molar-refractivity contribution in [3.8, 4) is 0 Å². The first-order valence-corrected chi connectivity index (χ1v) is 5.53. The fourth-order valence-corrected chi connectivity index (χ4v) is 1.90.